The normalized spacial score (nSPS) is 14.2. The van der Waals surface area contributed by atoms with E-state index in [1.54, 1.807) is 16.8 Å². The lowest BCUT2D eigenvalue weighted by molar-refractivity contribution is -0.137. The Labute approximate surface area is 223 Å². The second-order valence-corrected chi connectivity index (χ2v) is 9.73. The molecule has 208 valence electrons. The number of benzene rings is 1. The second-order valence-electron chi connectivity index (χ2n) is 9.73. The van der Waals surface area contributed by atoms with Crippen LogP contribution in [0.2, 0.25) is 0 Å². The molecule has 9 nitrogen and oxygen atoms in total. The Balaban J connectivity index is 1.20. The van der Waals surface area contributed by atoms with Crippen LogP contribution >= 0.6 is 0 Å². The van der Waals surface area contributed by atoms with Crippen molar-refractivity contribution in [1.82, 2.24) is 24.9 Å². The predicted octanol–water partition coefficient (Wildman–Crippen LogP) is 4.39. The molecule has 0 atom stereocenters. The first-order chi connectivity index (χ1) is 18.7. The number of nitrogens with zero attached hydrogens (tertiary/aromatic N) is 4. The van der Waals surface area contributed by atoms with E-state index in [1.165, 1.54) is 35.5 Å². The quantitative estimate of drug-likeness (QED) is 0.368. The first-order valence-electron chi connectivity index (χ1n) is 13.0. The molecule has 3 aromatic rings. The Morgan fingerprint density at radius 1 is 1.03 bits per heavy atom. The summed E-state index contributed by atoms with van der Waals surface area (Å²) in [5.74, 6) is -0.552. The van der Waals surface area contributed by atoms with E-state index in [0.29, 0.717) is 37.2 Å². The van der Waals surface area contributed by atoms with Gasteiger partial charge in [-0.1, -0.05) is 36.6 Å². The fourth-order valence-corrected chi connectivity index (χ4v) is 4.58. The standard InChI is InChI=1S/C27H31F3N6O3/c28-27(29,30)21-10-6-7-19(15-21)17-31-26(39)23-18-36(34-33-23)13-5-4-12-35-14-11-22(16-24(35)37)32-25(38)20-8-2-1-3-9-20/h6-7,10-11,14-16,18,20H,1-5,8-9,12-13,17H2,(H,31,39)(H,32,38). The van der Waals surface area contributed by atoms with Gasteiger partial charge in [-0.3, -0.25) is 19.1 Å². The molecule has 2 heterocycles. The Bertz CT molecular complexity index is 1340. The molecule has 1 fully saturated rings. The third kappa shape index (κ3) is 8.01. The molecule has 0 spiro atoms. The molecule has 0 saturated heterocycles. The summed E-state index contributed by atoms with van der Waals surface area (Å²) in [5.41, 5.74) is -0.0884. The summed E-state index contributed by atoms with van der Waals surface area (Å²) >= 11 is 0. The molecule has 0 bridgehead atoms. The minimum atomic E-state index is -4.45. The number of nitrogens with one attached hydrogen (secondary N) is 2. The maximum absolute atomic E-state index is 12.9. The zero-order valence-corrected chi connectivity index (χ0v) is 21.4. The van der Waals surface area contributed by atoms with Crippen LogP contribution in [0.15, 0.2) is 53.6 Å². The van der Waals surface area contributed by atoms with Crippen molar-refractivity contribution in [1.29, 1.82) is 0 Å². The van der Waals surface area contributed by atoms with Crippen molar-refractivity contribution in [3.05, 3.63) is 76.0 Å². The molecule has 1 aromatic carbocycles. The van der Waals surface area contributed by atoms with Crippen LogP contribution in [0.1, 0.15) is 66.6 Å². The number of anilines is 1. The van der Waals surface area contributed by atoms with Crippen LogP contribution in [0, 0.1) is 5.92 Å². The van der Waals surface area contributed by atoms with E-state index in [0.717, 1.165) is 37.8 Å². The van der Waals surface area contributed by atoms with Gasteiger partial charge in [-0.25, -0.2) is 0 Å². The molecule has 0 unspecified atom stereocenters. The van der Waals surface area contributed by atoms with E-state index >= 15 is 0 Å². The van der Waals surface area contributed by atoms with Crippen molar-refractivity contribution in [2.75, 3.05) is 5.32 Å². The van der Waals surface area contributed by atoms with Crippen molar-refractivity contribution in [2.45, 2.75) is 70.8 Å². The van der Waals surface area contributed by atoms with Crippen molar-refractivity contribution in [2.24, 2.45) is 5.92 Å². The molecule has 2 aromatic heterocycles. The largest absolute Gasteiger partial charge is 0.416 e. The number of halogens is 3. The van der Waals surface area contributed by atoms with Crippen molar-refractivity contribution < 1.29 is 22.8 Å². The van der Waals surface area contributed by atoms with Crippen LogP contribution in [-0.2, 0) is 30.6 Å². The number of carbonyl (C=O) groups excluding carboxylic acids is 2. The van der Waals surface area contributed by atoms with Crippen LogP contribution in [0.5, 0.6) is 0 Å². The molecule has 1 aliphatic carbocycles. The van der Waals surface area contributed by atoms with Crippen LogP contribution in [0.25, 0.3) is 0 Å². The fraction of sp³-hybridized carbons (Fsp3) is 0.444. The van der Waals surface area contributed by atoms with Gasteiger partial charge in [0.2, 0.25) is 5.91 Å². The lowest BCUT2D eigenvalue weighted by Crippen LogP contribution is -2.26. The van der Waals surface area contributed by atoms with Gasteiger partial charge in [-0.15, -0.1) is 5.10 Å². The van der Waals surface area contributed by atoms with E-state index < -0.39 is 17.6 Å². The topological polar surface area (TPSA) is 111 Å². The molecular formula is C27H31F3N6O3. The number of hydrogen-bond donors (Lipinski definition) is 2. The van der Waals surface area contributed by atoms with E-state index in [9.17, 15) is 27.6 Å². The molecule has 0 radical (unpaired) electrons. The van der Waals surface area contributed by atoms with Gasteiger partial charge in [0.05, 0.1) is 11.8 Å². The van der Waals surface area contributed by atoms with Gasteiger partial charge in [0, 0.05) is 43.5 Å². The Morgan fingerprint density at radius 3 is 2.54 bits per heavy atom. The number of amides is 2. The Hall–Kier alpha value is -3.96. The summed E-state index contributed by atoms with van der Waals surface area (Å²) in [5, 5.41) is 13.2. The fourth-order valence-electron chi connectivity index (χ4n) is 4.58. The lowest BCUT2D eigenvalue weighted by atomic mass is 9.88. The van der Waals surface area contributed by atoms with Crippen LogP contribution in [-0.4, -0.2) is 31.4 Å². The van der Waals surface area contributed by atoms with Gasteiger partial charge < -0.3 is 15.2 Å². The molecule has 39 heavy (non-hydrogen) atoms. The van der Waals surface area contributed by atoms with Gasteiger partial charge in [-0.2, -0.15) is 13.2 Å². The van der Waals surface area contributed by atoms with Gasteiger partial charge in [0.25, 0.3) is 11.5 Å². The average Bonchev–Trinajstić information content (AvgIpc) is 3.40. The van der Waals surface area contributed by atoms with Crippen molar-refractivity contribution in [3.8, 4) is 0 Å². The maximum Gasteiger partial charge on any atom is 0.416 e. The zero-order chi connectivity index (χ0) is 27.8. The van der Waals surface area contributed by atoms with Crippen molar-refractivity contribution >= 4 is 17.5 Å². The molecule has 1 saturated carbocycles. The highest BCUT2D eigenvalue weighted by Crippen LogP contribution is 2.29. The second kappa shape index (κ2) is 12.7. The first kappa shape index (κ1) is 28.1. The summed E-state index contributed by atoms with van der Waals surface area (Å²) in [7, 11) is 0. The third-order valence-corrected chi connectivity index (χ3v) is 6.75. The lowest BCUT2D eigenvalue weighted by Gasteiger charge is -2.20. The van der Waals surface area contributed by atoms with Gasteiger partial charge in [0.1, 0.15) is 0 Å². The molecule has 1 aliphatic rings. The number of aryl methyl sites for hydroxylation is 2. The number of hydrogen-bond acceptors (Lipinski definition) is 5. The monoisotopic (exact) mass is 544 g/mol. The van der Waals surface area contributed by atoms with E-state index in [-0.39, 0.29) is 29.6 Å². The summed E-state index contributed by atoms with van der Waals surface area (Å²) in [6.45, 7) is 0.875. The number of alkyl halides is 3. The van der Waals surface area contributed by atoms with Crippen LogP contribution < -0.4 is 16.2 Å². The smallest absolute Gasteiger partial charge is 0.347 e. The highest BCUT2D eigenvalue weighted by Gasteiger charge is 2.30. The number of pyridine rings is 1. The Morgan fingerprint density at radius 2 is 1.79 bits per heavy atom. The Kier molecular flexibility index (Phi) is 9.15. The van der Waals surface area contributed by atoms with Gasteiger partial charge in [-0.05, 0) is 49.4 Å². The molecule has 0 aliphatic heterocycles. The number of aromatic nitrogens is 4. The zero-order valence-electron chi connectivity index (χ0n) is 21.4. The predicted molar refractivity (Wildman–Crippen MR) is 138 cm³/mol. The third-order valence-electron chi connectivity index (χ3n) is 6.75. The molecule has 2 N–H and O–H groups in total. The molecule has 4 rings (SSSR count). The average molecular weight is 545 g/mol. The first-order valence-corrected chi connectivity index (χ1v) is 13.0. The van der Waals surface area contributed by atoms with Crippen molar-refractivity contribution in [3.63, 3.8) is 0 Å². The SMILES string of the molecule is O=C(NCc1cccc(C(F)(F)F)c1)c1cn(CCCCn2ccc(NC(=O)C3CCCCC3)cc2=O)nn1. The minimum absolute atomic E-state index is 0.0138. The van der Waals surface area contributed by atoms with E-state index in [2.05, 4.69) is 20.9 Å². The van der Waals surface area contributed by atoms with E-state index in [1.807, 2.05) is 0 Å². The highest BCUT2D eigenvalue weighted by molar-refractivity contribution is 5.92. The van der Waals surface area contributed by atoms with E-state index in [4.69, 9.17) is 0 Å². The summed E-state index contributed by atoms with van der Waals surface area (Å²) in [6.07, 6.45) is 5.09. The summed E-state index contributed by atoms with van der Waals surface area (Å²) in [4.78, 5) is 37.2. The number of carbonyl (C=O) groups is 2. The minimum Gasteiger partial charge on any atom is -0.347 e. The molecule has 12 heteroatoms. The molecular weight excluding hydrogens is 513 g/mol. The highest BCUT2D eigenvalue weighted by atomic mass is 19.4. The number of rotatable bonds is 10. The van der Waals surface area contributed by atoms with Gasteiger partial charge in [0.15, 0.2) is 5.69 Å². The number of unbranched alkanes of at least 4 members (excludes halogenated alkanes) is 1. The van der Waals surface area contributed by atoms with Gasteiger partial charge >= 0.3 is 6.18 Å². The summed E-state index contributed by atoms with van der Waals surface area (Å²) in [6, 6.07) is 7.91. The maximum atomic E-state index is 12.9. The van der Waals surface area contributed by atoms with Crippen LogP contribution in [0.4, 0.5) is 18.9 Å². The van der Waals surface area contributed by atoms with Crippen LogP contribution in [0.3, 0.4) is 0 Å². The summed E-state index contributed by atoms with van der Waals surface area (Å²) < 4.78 is 41.6. The molecule has 2 amide bonds.